The van der Waals surface area contributed by atoms with Crippen molar-refractivity contribution >= 4 is 5.69 Å². The van der Waals surface area contributed by atoms with Crippen LogP contribution in [0.25, 0.3) is 0 Å². The summed E-state index contributed by atoms with van der Waals surface area (Å²) < 4.78 is 5.36. The Bertz CT molecular complexity index is 442. The zero-order chi connectivity index (χ0) is 14.8. The molecule has 0 bridgehead atoms. The van der Waals surface area contributed by atoms with Gasteiger partial charge < -0.3 is 15.0 Å². The predicted octanol–water partition coefficient (Wildman–Crippen LogP) is 3.05. The number of nitrogens with one attached hydrogen (secondary N) is 1. The smallest absolute Gasteiger partial charge is 0.0733 e. The van der Waals surface area contributed by atoms with Crippen LogP contribution in [0.4, 0.5) is 5.69 Å². The Morgan fingerprint density at radius 3 is 2.70 bits per heavy atom. The van der Waals surface area contributed by atoms with E-state index in [0.717, 1.165) is 13.1 Å². The van der Waals surface area contributed by atoms with Crippen molar-refractivity contribution < 1.29 is 4.74 Å². The van der Waals surface area contributed by atoms with Crippen molar-refractivity contribution in [3.63, 3.8) is 0 Å². The topological polar surface area (TPSA) is 24.5 Å². The molecule has 3 nitrogen and oxygen atoms in total. The Kier molecular flexibility index (Phi) is 4.71. The Morgan fingerprint density at radius 2 is 2.05 bits per heavy atom. The average Bonchev–Trinajstić information content (AvgIpc) is 2.38. The van der Waals surface area contributed by atoms with Gasteiger partial charge in [-0.05, 0) is 25.8 Å². The first-order chi connectivity index (χ1) is 9.44. The zero-order valence-electron chi connectivity index (χ0n) is 13.4. The fraction of sp³-hybridized carbons (Fsp3) is 0.647. The molecule has 1 aliphatic rings. The highest BCUT2D eigenvalue weighted by molar-refractivity contribution is 5.55. The third kappa shape index (κ3) is 3.33. The molecule has 1 atom stereocenters. The molecule has 0 aromatic heterocycles. The monoisotopic (exact) mass is 276 g/mol. The number of hydrogen-bond acceptors (Lipinski definition) is 3. The molecular weight excluding hydrogens is 248 g/mol. The standard InChI is InChI=1S/C17H28N2O/c1-13(2)16-10-18-17(3,4)12-19(16)15-9-7-6-8-14(15)11-20-5/h6-9,13,16,18H,10-12H2,1-5H3. The van der Waals surface area contributed by atoms with E-state index in [4.69, 9.17) is 4.74 Å². The maximum Gasteiger partial charge on any atom is 0.0733 e. The Morgan fingerprint density at radius 1 is 1.35 bits per heavy atom. The maximum atomic E-state index is 5.36. The number of hydrogen-bond donors (Lipinski definition) is 1. The van der Waals surface area contributed by atoms with Gasteiger partial charge in [0.05, 0.1) is 6.61 Å². The molecule has 0 saturated carbocycles. The molecule has 1 heterocycles. The van der Waals surface area contributed by atoms with Crippen LogP contribution >= 0.6 is 0 Å². The molecule has 1 unspecified atom stereocenters. The number of ether oxygens (including phenoxy) is 1. The van der Waals surface area contributed by atoms with Gasteiger partial charge in [0.2, 0.25) is 0 Å². The van der Waals surface area contributed by atoms with E-state index in [9.17, 15) is 0 Å². The van der Waals surface area contributed by atoms with Crippen LogP contribution in [0, 0.1) is 5.92 Å². The minimum absolute atomic E-state index is 0.144. The molecule has 2 rings (SSSR count). The number of piperazine rings is 1. The van der Waals surface area contributed by atoms with Crippen LogP contribution in [0.1, 0.15) is 33.3 Å². The van der Waals surface area contributed by atoms with Gasteiger partial charge in [-0.25, -0.2) is 0 Å². The lowest BCUT2D eigenvalue weighted by molar-refractivity contribution is 0.184. The van der Waals surface area contributed by atoms with E-state index in [1.54, 1.807) is 7.11 Å². The first-order valence-corrected chi connectivity index (χ1v) is 7.53. The van der Waals surface area contributed by atoms with Gasteiger partial charge >= 0.3 is 0 Å². The molecule has 0 amide bonds. The van der Waals surface area contributed by atoms with Gasteiger partial charge in [0.1, 0.15) is 0 Å². The van der Waals surface area contributed by atoms with Crippen molar-refractivity contribution in [1.82, 2.24) is 5.32 Å². The Balaban J connectivity index is 2.35. The number of para-hydroxylation sites is 1. The minimum atomic E-state index is 0.144. The van der Waals surface area contributed by atoms with Crippen LogP contribution in [0.2, 0.25) is 0 Å². The third-order valence-corrected chi connectivity index (χ3v) is 4.13. The summed E-state index contributed by atoms with van der Waals surface area (Å²) in [4.78, 5) is 2.56. The quantitative estimate of drug-likeness (QED) is 0.915. The van der Waals surface area contributed by atoms with Gasteiger partial charge in [0.25, 0.3) is 0 Å². The number of rotatable bonds is 4. The highest BCUT2D eigenvalue weighted by atomic mass is 16.5. The minimum Gasteiger partial charge on any atom is -0.380 e. The zero-order valence-corrected chi connectivity index (χ0v) is 13.4. The van der Waals surface area contributed by atoms with Gasteiger partial charge in [-0.15, -0.1) is 0 Å². The van der Waals surface area contributed by atoms with Gasteiger partial charge in [-0.2, -0.15) is 0 Å². The van der Waals surface area contributed by atoms with E-state index in [-0.39, 0.29) is 5.54 Å². The number of nitrogens with zero attached hydrogens (tertiary/aromatic N) is 1. The second-order valence-electron chi connectivity index (χ2n) is 6.77. The highest BCUT2D eigenvalue weighted by Gasteiger charge is 2.34. The summed E-state index contributed by atoms with van der Waals surface area (Å²) in [6.45, 7) is 11.9. The largest absolute Gasteiger partial charge is 0.380 e. The summed E-state index contributed by atoms with van der Waals surface area (Å²) >= 11 is 0. The van der Waals surface area contributed by atoms with E-state index in [1.165, 1.54) is 11.3 Å². The fourth-order valence-electron chi connectivity index (χ4n) is 3.02. The molecule has 1 fully saturated rings. The first kappa shape index (κ1) is 15.3. The molecule has 1 saturated heterocycles. The van der Waals surface area contributed by atoms with E-state index in [1.807, 2.05) is 0 Å². The van der Waals surface area contributed by atoms with Gasteiger partial charge in [-0.3, -0.25) is 0 Å². The average molecular weight is 276 g/mol. The molecule has 1 aromatic carbocycles. The fourth-order valence-corrected chi connectivity index (χ4v) is 3.02. The molecule has 1 N–H and O–H groups in total. The molecule has 0 radical (unpaired) electrons. The summed E-state index contributed by atoms with van der Waals surface area (Å²) in [6.07, 6.45) is 0. The van der Waals surface area contributed by atoms with Gasteiger partial charge in [0, 0.05) is 43.0 Å². The van der Waals surface area contributed by atoms with Crippen LogP contribution in [0.3, 0.4) is 0 Å². The summed E-state index contributed by atoms with van der Waals surface area (Å²) in [6, 6.07) is 9.15. The van der Waals surface area contributed by atoms with Crippen molar-refractivity contribution in [2.45, 2.75) is 45.9 Å². The predicted molar refractivity (Wildman–Crippen MR) is 85.2 cm³/mol. The molecule has 1 aliphatic heterocycles. The third-order valence-electron chi connectivity index (χ3n) is 4.13. The van der Waals surface area contributed by atoms with Crippen LogP contribution < -0.4 is 10.2 Å². The highest BCUT2D eigenvalue weighted by Crippen LogP contribution is 2.30. The van der Waals surface area contributed by atoms with Crippen molar-refractivity contribution in [2.75, 3.05) is 25.1 Å². The summed E-state index contributed by atoms with van der Waals surface area (Å²) in [5, 5.41) is 3.67. The van der Waals surface area contributed by atoms with Crippen molar-refractivity contribution in [3.8, 4) is 0 Å². The maximum absolute atomic E-state index is 5.36. The van der Waals surface area contributed by atoms with E-state index in [0.29, 0.717) is 18.6 Å². The van der Waals surface area contributed by atoms with E-state index < -0.39 is 0 Å². The van der Waals surface area contributed by atoms with Crippen LogP contribution in [0.15, 0.2) is 24.3 Å². The van der Waals surface area contributed by atoms with E-state index >= 15 is 0 Å². The van der Waals surface area contributed by atoms with Crippen molar-refractivity contribution in [3.05, 3.63) is 29.8 Å². The van der Waals surface area contributed by atoms with Crippen molar-refractivity contribution in [2.24, 2.45) is 5.92 Å². The number of methoxy groups -OCH3 is 1. The number of anilines is 1. The molecule has 0 aliphatic carbocycles. The molecular formula is C17H28N2O. The summed E-state index contributed by atoms with van der Waals surface area (Å²) in [5.74, 6) is 0.620. The Labute approximate surface area is 123 Å². The van der Waals surface area contributed by atoms with Gasteiger partial charge in [-0.1, -0.05) is 32.0 Å². The number of benzene rings is 1. The van der Waals surface area contributed by atoms with Crippen LogP contribution in [-0.2, 0) is 11.3 Å². The summed E-state index contributed by atoms with van der Waals surface area (Å²) in [5.41, 5.74) is 2.74. The summed E-state index contributed by atoms with van der Waals surface area (Å²) in [7, 11) is 1.76. The van der Waals surface area contributed by atoms with E-state index in [2.05, 4.69) is 62.2 Å². The molecule has 112 valence electrons. The lowest BCUT2D eigenvalue weighted by Crippen LogP contribution is -2.63. The molecule has 0 spiro atoms. The first-order valence-electron chi connectivity index (χ1n) is 7.53. The lowest BCUT2D eigenvalue weighted by Gasteiger charge is -2.48. The molecule has 1 aromatic rings. The molecule has 20 heavy (non-hydrogen) atoms. The SMILES string of the molecule is COCc1ccccc1N1CC(C)(C)NCC1C(C)C. The Hall–Kier alpha value is -1.06. The molecule has 3 heteroatoms. The lowest BCUT2D eigenvalue weighted by atomic mass is 9.92. The second kappa shape index (κ2) is 6.15. The normalized spacial score (nSPS) is 22.3. The van der Waals surface area contributed by atoms with Crippen molar-refractivity contribution in [1.29, 1.82) is 0 Å². The van der Waals surface area contributed by atoms with Crippen LogP contribution in [-0.4, -0.2) is 31.8 Å². The van der Waals surface area contributed by atoms with Gasteiger partial charge in [0.15, 0.2) is 0 Å². The van der Waals surface area contributed by atoms with Crippen LogP contribution in [0.5, 0.6) is 0 Å². The second-order valence-corrected chi connectivity index (χ2v) is 6.77.